The summed E-state index contributed by atoms with van der Waals surface area (Å²) < 4.78 is 47.0. The van der Waals surface area contributed by atoms with Gasteiger partial charge in [0.05, 0.1) is 40.9 Å². The minimum Gasteiger partial charge on any atom is -0.309 e. The van der Waals surface area contributed by atoms with Crippen LogP contribution < -0.4 is 0 Å². The molecule has 11 aromatic carbocycles. The molecule has 0 atom stereocenters. The van der Waals surface area contributed by atoms with Crippen molar-refractivity contribution >= 4 is 55.0 Å². The van der Waals surface area contributed by atoms with Gasteiger partial charge in [0.1, 0.15) is 0 Å². The number of aromatic nitrogens is 8. The fourth-order valence-corrected chi connectivity index (χ4v) is 11.8. The Bertz CT molecular complexity index is 5220. The van der Waals surface area contributed by atoms with Crippen LogP contribution in [0.1, 0.15) is 5.56 Å². The Morgan fingerprint density at radius 1 is 0.295 bits per heavy atom. The largest absolute Gasteiger partial charge is 0.415 e. The van der Waals surface area contributed by atoms with Crippen LogP contribution in [0.4, 0.5) is 24.5 Å². The predicted molar refractivity (Wildman–Crippen MR) is 343 cm³/mol. The highest BCUT2D eigenvalue weighted by Crippen LogP contribution is 2.46. The van der Waals surface area contributed by atoms with Crippen molar-refractivity contribution in [3.8, 4) is 102 Å². The molecular weight excluding hydrogens is 1100 g/mol. The first-order valence-corrected chi connectivity index (χ1v) is 28.2. The average Bonchev–Trinajstić information content (AvgIpc) is 1.63. The van der Waals surface area contributed by atoms with Crippen LogP contribution in [0.15, 0.2) is 261 Å². The first-order chi connectivity index (χ1) is 43.1. The molecule has 0 saturated heterocycles. The normalized spacial score (nSPS) is 11.6. The van der Waals surface area contributed by atoms with Crippen molar-refractivity contribution in [1.82, 2.24) is 39.0 Å². The van der Waals surface area contributed by atoms with E-state index in [1.807, 2.05) is 206 Å². The minimum absolute atomic E-state index is 0.157. The molecule has 0 fully saturated rings. The summed E-state index contributed by atoms with van der Waals surface area (Å²) in [5.74, 6) is 3.16. The van der Waals surface area contributed by atoms with E-state index in [1.165, 1.54) is 6.07 Å². The summed E-state index contributed by atoms with van der Waals surface area (Å²) in [6.45, 7) is 16.9. The van der Waals surface area contributed by atoms with E-state index < -0.39 is 11.7 Å². The van der Waals surface area contributed by atoms with Gasteiger partial charge in [-0.05, 0) is 101 Å². The van der Waals surface area contributed by atoms with Gasteiger partial charge < -0.3 is 9.13 Å². The molecule has 0 spiro atoms. The van der Waals surface area contributed by atoms with Crippen LogP contribution in [0, 0.1) is 13.1 Å². The Kier molecular flexibility index (Phi) is 12.8. The summed E-state index contributed by atoms with van der Waals surface area (Å²) in [4.78, 5) is 37.8. The molecule has 88 heavy (non-hydrogen) atoms. The van der Waals surface area contributed by atoms with E-state index in [0.717, 1.165) is 94.8 Å². The lowest BCUT2D eigenvalue weighted by Gasteiger charge is -2.19. The van der Waals surface area contributed by atoms with E-state index >= 15 is 0 Å². The summed E-state index contributed by atoms with van der Waals surface area (Å²) in [7, 11) is 0. The SMILES string of the molecule is [C-]#[N+]c1cc(C(F)(F)F)ccc1-c1ccc(-n2c3ccccc3c3cc(-c4nc(-c5ccccc5)nc(-c5ccccc5)n4)ccc32)c(-c2cc(-n3c4ccccc4c4cc(-c5nc(-c6ccccc6)nc(-c6ccccc6)n5)ccc43)ccc2[N+]#[C-])c1. The predicted octanol–water partition coefficient (Wildman–Crippen LogP) is 19.7. The molecule has 15 aromatic rings. The van der Waals surface area contributed by atoms with Gasteiger partial charge in [0, 0.05) is 66.2 Å². The zero-order valence-electron chi connectivity index (χ0n) is 46.4. The zero-order chi connectivity index (χ0) is 59.5. The molecular formula is C75H43F3N10. The molecule has 0 aliphatic rings. The number of para-hydroxylation sites is 2. The number of hydrogen-bond acceptors (Lipinski definition) is 6. The van der Waals surface area contributed by atoms with E-state index in [2.05, 4.69) is 55.2 Å². The van der Waals surface area contributed by atoms with Crippen LogP contribution >= 0.6 is 0 Å². The van der Waals surface area contributed by atoms with Crippen LogP contribution in [0.2, 0.25) is 0 Å². The van der Waals surface area contributed by atoms with Crippen LogP contribution in [-0.4, -0.2) is 39.0 Å². The van der Waals surface area contributed by atoms with Gasteiger partial charge in [-0.2, -0.15) is 13.2 Å². The molecule has 414 valence electrons. The standard InChI is InChI=1S/C75H43F3N10/c1-79-62-37-35-54(87-64-29-17-15-27-56(64)59-42-51(32-39-66(59)87)73-83-69(46-19-7-3-8-20-46)81-70(84-73)47-21-9-4-10-22-47)45-58(62)61-41-50(55-36-34-53(75(76,77)78)44-63(55)80-2)31-38-68(61)88-65-30-18-16-28-57(65)60-43-52(33-40-67(60)88)74-85-71(48-23-11-5-12-24-48)82-72(86-74)49-25-13-6-14-26-49/h3-45H. The number of alkyl halides is 3. The van der Waals surface area contributed by atoms with E-state index in [-0.39, 0.29) is 5.69 Å². The van der Waals surface area contributed by atoms with E-state index in [1.54, 1.807) is 0 Å². The van der Waals surface area contributed by atoms with Gasteiger partial charge >= 0.3 is 6.18 Å². The lowest BCUT2D eigenvalue weighted by Crippen LogP contribution is -2.04. The number of nitrogens with zero attached hydrogens (tertiary/aromatic N) is 10. The molecule has 0 amide bonds. The second kappa shape index (κ2) is 21.5. The molecule has 4 heterocycles. The molecule has 0 aliphatic heterocycles. The molecule has 0 radical (unpaired) electrons. The topological polar surface area (TPSA) is 95.9 Å². The van der Waals surface area contributed by atoms with Crippen molar-refractivity contribution in [2.75, 3.05) is 0 Å². The Hall–Kier alpha value is -12.2. The van der Waals surface area contributed by atoms with Crippen molar-refractivity contribution < 1.29 is 13.2 Å². The van der Waals surface area contributed by atoms with E-state index in [4.69, 9.17) is 43.0 Å². The first kappa shape index (κ1) is 52.6. The second-order valence-electron chi connectivity index (χ2n) is 21.1. The van der Waals surface area contributed by atoms with Crippen molar-refractivity contribution in [1.29, 1.82) is 0 Å². The maximum Gasteiger partial charge on any atom is 0.415 e. The highest BCUT2D eigenvalue weighted by atomic mass is 19.4. The van der Waals surface area contributed by atoms with Gasteiger partial charge in [0.25, 0.3) is 0 Å². The van der Waals surface area contributed by atoms with Gasteiger partial charge in [-0.1, -0.05) is 182 Å². The van der Waals surface area contributed by atoms with Gasteiger partial charge in [0.2, 0.25) is 0 Å². The lowest BCUT2D eigenvalue weighted by atomic mass is 9.94. The molecule has 0 aliphatic carbocycles. The molecule has 0 N–H and O–H groups in total. The quantitative estimate of drug-likeness (QED) is 0.127. The third-order valence-corrected chi connectivity index (χ3v) is 15.9. The number of benzene rings is 11. The van der Waals surface area contributed by atoms with Crippen LogP contribution in [0.3, 0.4) is 0 Å². The van der Waals surface area contributed by atoms with E-state index in [0.29, 0.717) is 68.6 Å². The fourth-order valence-electron chi connectivity index (χ4n) is 11.8. The third kappa shape index (κ3) is 9.33. The van der Waals surface area contributed by atoms with Crippen molar-refractivity contribution in [2.45, 2.75) is 6.18 Å². The minimum atomic E-state index is -4.66. The average molecular weight is 1140 g/mol. The molecule has 10 nitrogen and oxygen atoms in total. The zero-order valence-corrected chi connectivity index (χ0v) is 46.4. The third-order valence-electron chi connectivity index (χ3n) is 15.9. The Balaban J connectivity index is 0.928. The van der Waals surface area contributed by atoms with Gasteiger partial charge in [-0.15, -0.1) is 0 Å². The Morgan fingerprint density at radius 3 is 1.17 bits per heavy atom. The molecule has 0 unspecified atom stereocenters. The summed E-state index contributed by atoms with van der Waals surface area (Å²) in [6.07, 6.45) is -4.66. The van der Waals surface area contributed by atoms with Crippen molar-refractivity contribution in [3.63, 3.8) is 0 Å². The van der Waals surface area contributed by atoms with Crippen LogP contribution in [0.25, 0.3) is 155 Å². The number of fused-ring (bicyclic) bond motifs is 6. The Morgan fingerprint density at radius 2 is 0.705 bits per heavy atom. The molecule has 15 rings (SSSR count). The second-order valence-corrected chi connectivity index (χ2v) is 21.1. The molecule has 13 heteroatoms. The highest BCUT2D eigenvalue weighted by Gasteiger charge is 2.31. The maximum absolute atomic E-state index is 14.2. The van der Waals surface area contributed by atoms with Crippen LogP contribution in [0.5, 0.6) is 0 Å². The van der Waals surface area contributed by atoms with Crippen molar-refractivity contribution in [2.24, 2.45) is 0 Å². The summed E-state index contributed by atoms with van der Waals surface area (Å²) in [5.41, 5.74) is 11.1. The Labute approximate surface area is 502 Å². The number of hydrogen-bond donors (Lipinski definition) is 0. The first-order valence-electron chi connectivity index (χ1n) is 28.2. The summed E-state index contributed by atoms with van der Waals surface area (Å²) in [5, 5.41) is 3.75. The summed E-state index contributed by atoms with van der Waals surface area (Å²) in [6, 6.07) is 82.6. The lowest BCUT2D eigenvalue weighted by molar-refractivity contribution is -0.137. The van der Waals surface area contributed by atoms with Gasteiger partial charge in [-0.25, -0.2) is 39.6 Å². The molecule has 0 bridgehead atoms. The fraction of sp³-hybridized carbons (Fsp3) is 0.0133. The van der Waals surface area contributed by atoms with Gasteiger partial charge in [0.15, 0.2) is 46.3 Å². The summed E-state index contributed by atoms with van der Waals surface area (Å²) >= 11 is 0. The maximum atomic E-state index is 14.2. The molecule has 0 saturated carbocycles. The van der Waals surface area contributed by atoms with E-state index in [9.17, 15) is 13.2 Å². The highest BCUT2D eigenvalue weighted by molar-refractivity contribution is 6.12. The number of rotatable bonds is 10. The monoisotopic (exact) mass is 1140 g/mol. The van der Waals surface area contributed by atoms with Gasteiger partial charge in [-0.3, -0.25) is 0 Å². The van der Waals surface area contributed by atoms with Crippen LogP contribution in [-0.2, 0) is 6.18 Å². The molecule has 4 aromatic heterocycles. The van der Waals surface area contributed by atoms with Crippen molar-refractivity contribution in [3.05, 3.63) is 289 Å². The smallest absolute Gasteiger partial charge is 0.309 e. The number of halogens is 3.